The minimum atomic E-state index is -1.23. The summed E-state index contributed by atoms with van der Waals surface area (Å²) in [5.41, 5.74) is -0.610. The Kier molecular flexibility index (Phi) is 6.07. The molecule has 1 aliphatic rings. The van der Waals surface area contributed by atoms with Gasteiger partial charge in [-0.05, 0) is 50.3 Å². The maximum Gasteiger partial charge on any atom is 0.315 e. The Morgan fingerprint density at radius 3 is 2.54 bits per heavy atom. The van der Waals surface area contributed by atoms with E-state index in [1.807, 2.05) is 0 Å². The molecule has 0 spiro atoms. The van der Waals surface area contributed by atoms with Gasteiger partial charge in [-0.1, -0.05) is 23.7 Å². The quantitative estimate of drug-likeness (QED) is 0.652. The number of carbonyl (C=O) groups excluding carboxylic acids is 1. The number of aliphatic carboxylic acids is 1. The van der Waals surface area contributed by atoms with Gasteiger partial charge in [0.25, 0.3) is 0 Å². The molecule has 1 atom stereocenters. The molecule has 132 valence electrons. The number of carboxylic acids is 1. The Bertz CT molecular complexity index is 598. The Morgan fingerprint density at radius 2 is 1.96 bits per heavy atom. The van der Waals surface area contributed by atoms with Crippen molar-refractivity contribution in [3.63, 3.8) is 0 Å². The fourth-order valence-corrected chi connectivity index (χ4v) is 3.09. The third kappa shape index (κ3) is 5.11. The van der Waals surface area contributed by atoms with E-state index >= 15 is 0 Å². The van der Waals surface area contributed by atoms with Crippen LogP contribution in [0.4, 0.5) is 4.79 Å². The van der Waals surface area contributed by atoms with Crippen LogP contribution in [-0.4, -0.2) is 34.8 Å². The summed E-state index contributed by atoms with van der Waals surface area (Å²) in [6, 6.07) is 6.47. The highest BCUT2D eigenvalue weighted by molar-refractivity contribution is 6.30. The minimum Gasteiger partial charge on any atom is -0.481 e. The Morgan fingerprint density at radius 1 is 1.29 bits per heavy atom. The summed E-state index contributed by atoms with van der Waals surface area (Å²) in [5.74, 6) is -1.08. The number of carbonyl (C=O) groups is 2. The number of halogens is 1. The van der Waals surface area contributed by atoms with Gasteiger partial charge in [-0.3, -0.25) is 4.79 Å². The number of aliphatic hydroxyl groups is 1. The summed E-state index contributed by atoms with van der Waals surface area (Å²) >= 11 is 5.92. The number of rotatable bonds is 5. The molecule has 1 saturated carbocycles. The fraction of sp³-hybridized carbons (Fsp3) is 0.529. The maximum atomic E-state index is 12.0. The summed E-state index contributed by atoms with van der Waals surface area (Å²) < 4.78 is 0. The van der Waals surface area contributed by atoms with E-state index in [1.165, 1.54) is 0 Å². The second kappa shape index (κ2) is 7.85. The second-order valence-corrected chi connectivity index (χ2v) is 6.93. The van der Waals surface area contributed by atoms with Gasteiger partial charge in [-0.2, -0.15) is 0 Å². The van der Waals surface area contributed by atoms with E-state index in [4.69, 9.17) is 16.7 Å². The normalized spacial score (nSPS) is 23.1. The zero-order valence-corrected chi connectivity index (χ0v) is 14.3. The van der Waals surface area contributed by atoms with Crippen molar-refractivity contribution in [3.8, 4) is 0 Å². The molecule has 1 aromatic rings. The lowest BCUT2D eigenvalue weighted by Gasteiger charge is -2.28. The number of nitrogens with one attached hydrogen (secondary N) is 2. The zero-order valence-electron chi connectivity index (χ0n) is 13.6. The lowest BCUT2D eigenvalue weighted by molar-refractivity contribution is -0.142. The highest BCUT2D eigenvalue weighted by Gasteiger charge is 2.28. The molecular formula is C17H23ClN2O4. The number of benzene rings is 1. The number of amides is 2. The first kappa shape index (κ1) is 18.5. The minimum absolute atomic E-state index is 0.0308. The molecule has 0 aromatic heterocycles. The largest absolute Gasteiger partial charge is 0.481 e. The van der Waals surface area contributed by atoms with Crippen LogP contribution in [0.25, 0.3) is 0 Å². The van der Waals surface area contributed by atoms with Crippen LogP contribution in [-0.2, 0) is 10.4 Å². The summed E-state index contributed by atoms with van der Waals surface area (Å²) in [6.45, 7) is 1.65. The molecule has 6 nitrogen and oxygen atoms in total. The van der Waals surface area contributed by atoms with Crippen LogP contribution in [0.3, 0.4) is 0 Å². The van der Waals surface area contributed by atoms with E-state index in [9.17, 15) is 14.7 Å². The molecule has 0 heterocycles. The third-order valence-electron chi connectivity index (χ3n) is 4.45. The topological polar surface area (TPSA) is 98.7 Å². The first-order valence-corrected chi connectivity index (χ1v) is 8.41. The Labute approximate surface area is 146 Å². The molecule has 0 bridgehead atoms. The maximum absolute atomic E-state index is 12.0. The summed E-state index contributed by atoms with van der Waals surface area (Å²) in [4.78, 5) is 22.9. The predicted molar refractivity (Wildman–Crippen MR) is 90.9 cm³/mol. The van der Waals surface area contributed by atoms with E-state index in [0.29, 0.717) is 36.3 Å². The van der Waals surface area contributed by atoms with Gasteiger partial charge in [0.2, 0.25) is 0 Å². The fourth-order valence-electron chi connectivity index (χ4n) is 2.90. The molecule has 1 aliphatic carbocycles. The van der Waals surface area contributed by atoms with Crippen molar-refractivity contribution < 1.29 is 19.8 Å². The van der Waals surface area contributed by atoms with Gasteiger partial charge >= 0.3 is 12.0 Å². The smallest absolute Gasteiger partial charge is 0.315 e. The molecule has 0 radical (unpaired) electrons. The predicted octanol–water partition coefficient (Wildman–Crippen LogP) is 2.49. The highest BCUT2D eigenvalue weighted by atomic mass is 35.5. The van der Waals surface area contributed by atoms with Crippen LogP contribution in [0.2, 0.25) is 5.02 Å². The molecular weight excluding hydrogens is 332 g/mol. The zero-order chi connectivity index (χ0) is 17.7. The van der Waals surface area contributed by atoms with Crippen LogP contribution in [0.5, 0.6) is 0 Å². The lowest BCUT2D eigenvalue weighted by atomic mass is 9.86. The number of urea groups is 1. The number of hydrogen-bond donors (Lipinski definition) is 4. The van der Waals surface area contributed by atoms with Crippen LogP contribution < -0.4 is 10.6 Å². The lowest BCUT2D eigenvalue weighted by Crippen LogP contribution is -2.47. The monoisotopic (exact) mass is 354 g/mol. The van der Waals surface area contributed by atoms with Gasteiger partial charge in [0, 0.05) is 11.1 Å². The van der Waals surface area contributed by atoms with E-state index in [-0.39, 0.29) is 24.5 Å². The van der Waals surface area contributed by atoms with Gasteiger partial charge in [-0.25, -0.2) is 4.79 Å². The van der Waals surface area contributed by atoms with Crippen molar-refractivity contribution in [3.05, 3.63) is 34.9 Å². The van der Waals surface area contributed by atoms with Crippen molar-refractivity contribution in [1.29, 1.82) is 0 Å². The number of hydrogen-bond acceptors (Lipinski definition) is 3. The van der Waals surface area contributed by atoms with Crippen molar-refractivity contribution in [2.75, 3.05) is 6.54 Å². The van der Waals surface area contributed by atoms with Gasteiger partial charge in [0.15, 0.2) is 0 Å². The van der Waals surface area contributed by atoms with Crippen molar-refractivity contribution in [2.45, 2.75) is 44.2 Å². The summed E-state index contributed by atoms with van der Waals surface area (Å²) in [7, 11) is 0. The van der Waals surface area contributed by atoms with Gasteiger partial charge < -0.3 is 20.8 Å². The van der Waals surface area contributed by atoms with E-state index in [1.54, 1.807) is 31.2 Å². The van der Waals surface area contributed by atoms with Crippen molar-refractivity contribution >= 4 is 23.6 Å². The first-order valence-electron chi connectivity index (χ1n) is 8.03. The molecule has 1 aromatic carbocycles. The molecule has 1 unspecified atom stereocenters. The molecule has 0 saturated heterocycles. The Balaban J connectivity index is 1.80. The molecule has 1 fully saturated rings. The molecule has 24 heavy (non-hydrogen) atoms. The second-order valence-electron chi connectivity index (χ2n) is 6.50. The van der Waals surface area contributed by atoms with Gasteiger partial charge in [0.1, 0.15) is 5.60 Å². The standard InChI is InChI=1S/C17H23ClN2O4/c1-17(24,12-3-2-4-13(18)9-12)10-19-16(23)20-14-7-5-11(6-8-14)15(21)22/h2-4,9,11,14,24H,5-8,10H2,1H3,(H,21,22)(H2,19,20,23). The molecule has 4 N–H and O–H groups in total. The third-order valence-corrected chi connectivity index (χ3v) is 4.69. The Hall–Kier alpha value is -1.79. The van der Waals surface area contributed by atoms with Crippen molar-refractivity contribution in [1.82, 2.24) is 10.6 Å². The first-order chi connectivity index (χ1) is 11.3. The average Bonchev–Trinajstić information content (AvgIpc) is 2.53. The van der Waals surface area contributed by atoms with Crippen LogP contribution in [0.1, 0.15) is 38.2 Å². The molecule has 2 amide bonds. The summed E-state index contributed by atoms with van der Waals surface area (Å²) in [5, 5.41) is 25.5. The van der Waals surface area contributed by atoms with Crippen molar-refractivity contribution in [2.24, 2.45) is 5.92 Å². The van der Waals surface area contributed by atoms with E-state index in [0.717, 1.165) is 0 Å². The van der Waals surface area contributed by atoms with Crippen LogP contribution >= 0.6 is 11.6 Å². The molecule has 7 heteroatoms. The van der Waals surface area contributed by atoms with E-state index in [2.05, 4.69) is 10.6 Å². The summed E-state index contributed by atoms with van der Waals surface area (Å²) in [6.07, 6.45) is 2.44. The molecule has 0 aliphatic heterocycles. The average molecular weight is 355 g/mol. The number of carboxylic acid groups (broad SMARTS) is 1. The molecule has 2 rings (SSSR count). The van der Waals surface area contributed by atoms with E-state index < -0.39 is 11.6 Å². The van der Waals surface area contributed by atoms with Crippen LogP contribution in [0, 0.1) is 5.92 Å². The highest BCUT2D eigenvalue weighted by Crippen LogP contribution is 2.25. The SMILES string of the molecule is CC(O)(CNC(=O)NC1CCC(C(=O)O)CC1)c1cccc(Cl)c1. The van der Waals surface area contributed by atoms with Crippen LogP contribution in [0.15, 0.2) is 24.3 Å². The van der Waals surface area contributed by atoms with Gasteiger partial charge in [-0.15, -0.1) is 0 Å². The van der Waals surface area contributed by atoms with Gasteiger partial charge in [0.05, 0.1) is 12.5 Å².